The van der Waals surface area contributed by atoms with Gasteiger partial charge in [0.1, 0.15) is 11.4 Å². The molecule has 1 N–H and O–H groups in total. The molecule has 1 atom stereocenters. The van der Waals surface area contributed by atoms with Gasteiger partial charge in [-0.25, -0.2) is 9.48 Å². The van der Waals surface area contributed by atoms with Gasteiger partial charge in [0.15, 0.2) is 12.7 Å². The molecule has 0 saturated carbocycles. The standard InChI is InChI=1S/C22H21Cl2N3O5/c1-13-20(21(29)27(26(13)3)16-7-5-4-6-8-16)25-19(28)12-31-22(30)14(2)32-18-10-9-15(23)11-17(18)24/h4-11,14H,12H2,1-3H3,(H,25,28). The largest absolute Gasteiger partial charge is 0.477 e. The zero-order valence-electron chi connectivity index (χ0n) is 17.6. The van der Waals surface area contributed by atoms with E-state index in [9.17, 15) is 14.4 Å². The molecule has 168 valence electrons. The van der Waals surface area contributed by atoms with Crippen molar-refractivity contribution in [2.24, 2.45) is 7.05 Å². The van der Waals surface area contributed by atoms with Gasteiger partial charge < -0.3 is 14.8 Å². The Kier molecular flexibility index (Phi) is 7.27. The number of carbonyl (C=O) groups excluding carboxylic acids is 2. The summed E-state index contributed by atoms with van der Waals surface area (Å²) in [5.41, 5.74) is 0.911. The maximum atomic E-state index is 12.8. The highest BCUT2D eigenvalue weighted by Gasteiger charge is 2.21. The van der Waals surface area contributed by atoms with E-state index in [0.717, 1.165) is 0 Å². The number of benzene rings is 2. The second kappa shape index (κ2) is 9.93. The van der Waals surface area contributed by atoms with Gasteiger partial charge in [-0.05, 0) is 44.2 Å². The Bertz CT molecular complexity index is 1200. The van der Waals surface area contributed by atoms with Crippen molar-refractivity contribution in [3.63, 3.8) is 0 Å². The van der Waals surface area contributed by atoms with Gasteiger partial charge in [-0.15, -0.1) is 0 Å². The van der Waals surface area contributed by atoms with Gasteiger partial charge in [-0.3, -0.25) is 14.3 Å². The maximum absolute atomic E-state index is 12.8. The molecule has 0 radical (unpaired) electrons. The predicted molar refractivity (Wildman–Crippen MR) is 122 cm³/mol. The molecule has 8 nitrogen and oxygen atoms in total. The van der Waals surface area contributed by atoms with Crippen molar-refractivity contribution in [2.75, 3.05) is 11.9 Å². The van der Waals surface area contributed by atoms with Gasteiger partial charge in [0.2, 0.25) is 0 Å². The molecule has 1 unspecified atom stereocenters. The number of para-hydroxylation sites is 1. The summed E-state index contributed by atoms with van der Waals surface area (Å²) in [5.74, 6) is -1.16. The Morgan fingerprint density at radius 1 is 1.12 bits per heavy atom. The average Bonchev–Trinajstić information content (AvgIpc) is 2.97. The maximum Gasteiger partial charge on any atom is 0.347 e. The van der Waals surface area contributed by atoms with Crippen LogP contribution >= 0.6 is 23.2 Å². The second-order valence-electron chi connectivity index (χ2n) is 6.93. The first-order valence-electron chi connectivity index (χ1n) is 9.61. The van der Waals surface area contributed by atoms with Crippen molar-refractivity contribution in [3.05, 3.63) is 74.6 Å². The summed E-state index contributed by atoms with van der Waals surface area (Å²) in [6.07, 6.45) is -1.02. The smallest absolute Gasteiger partial charge is 0.347 e. The highest BCUT2D eigenvalue weighted by atomic mass is 35.5. The number of esters is 1. The molecule has 2 aromatic carbocycles. The van der Waals surface area contributed by atoms with E-state index in [1.807, 2.05) is 18.2 Å². The van der Waals surface area contributed by atoms with Crippen LogP contribution in [0.3, 0.4) is 0 Å². The zero-order chi connectivity index (χ0) is 23.4. The molecule has 0 saturated heterocycles. The van der Waals surface area contributed by atoms with E-state index in [-0.39, 0.29) is 16.5 Å². The molecule has 1 heterocycles. The molecule has 3 rings (SSSR count). The first-order chi connectivity index (χ1) is 15.2. The molecule has 1 amide bonds. The lowest BCUT2D eigenvalue weighted by molar-refractivity contribution is -0.153. The fourth-order valence-corrected chi connectivity index (χ4v) is 3.40. The molecular formula is C22H21Cl2N3O5. The molecular weight excluding hydrogens is 457 g/mol. The zero-order valence-corrected chi connectivity index (χ0v) is 19.1. The number of nitrogens with one attached hydrogen (secondary N) is 1. The van der Waals surface area contributed by atoms with E-state index in [0.29, 0.717) is 16.4 Å². The third-order valence-corrected chi connectivity index (χ3v) is 5.22. The molecule has 0 aliphatic carbocycles. The minimum absolute atomic E-state index is 0.106. The molecule has 0 aliphatic rings. The Morgan fingerprint density at radius 2 is 1.81 bits per heavy atom. The van der Waals surface area contributed by atoms with E-state index >= 15 is 0 Å². The second-order valence-corrected chi connectivity index (χ2v) is 7.77. The number of halogens is 2. The van der Waals surface area contributed by atoms with Gasteiger partial charge in [0.25, 0.3) is 11.5 Å². The van der Waals surface area contributed by atoms with Crippen molar-refractivity contribution in [1.29, 1.82) is 0 Å². The summed E-state index contributed by atoms with van der Waals surface area (Å²) in [5, 5.41) is 3.19. The first kappa shape index (κ1) is 23.4. The third kappa shape index (κ3) is 5.15. The number of rotatable bonds is 7. The van der Waals surface area contributed by atoms with Crippen molar-refractivity contribution in [3.8, 4) is 11.4 Å². The van der Waals surface area contributed by atoms with Gasteiger partial charge in [0.05, 0.1) is 16.4 Å². The molecule has 0 aliphatic heterocycles. The van der Waals surface area contributed by atoms with Crippen molar-refractivity contribution in [2.45, 2.75) is 20.0 Å². The average molecular weight is 478 g/mol. The number of hydrogen-bond donors (Lipinski definition) is 1. The van der Waals surface area contributed by atoms with E-state index in [2.05, 4.69) is 5.32 Å². The van der Waals surface area contributed by atoms with Crippen LogP contribution < -0.4 is 15.6 Å². The Balaban J connectivity index is 1.62. The van der Waals surface area contributed by atoms with Crippen molar-refractivity contribution in [1.82, 2.24) is 9.36 Å². The van der Waals surface area contributed by atoms with Crippen LogP contribution in [0.2, 0.25) is 10.0 Å². The van der Waals surface area contributed by atoms with Crippen LogP contribution in [0.4, 0.5) is 5.69 Å². The highest BCUT2D eigenvalue weighted by Crippen LogP contribution is 2.28. The highest BCUT2D eigenvalue weighted by molar-refractivity contribution is 6.35. The number of ether oxygens (including phenoxy) is 2. The number of nitrogens with zero attached hydrogens (tertiary/aromatic N) is 2. The Morgan fingerprint density at radius 3 is 2.47 bits per heavy atom. The lowest BCUT2D eigenvalue weighted by atomic mass is 10.3. The van der Waals surface area contributed by atoms with Crippen LogP contribution in [-0.2, 0) is 21.4 Å². The van der Waals surface area contributed by atoms with Gasteiger partial charge in [-0.2, -0.15) is 0 Å². The van der Waals surface area contributed by atoms with Crippen molar-refractivity contribution >= 4 is 40.8 Å². The van der Waals surface area contributed by atoms with Gasteiger partial charge >= 0.3 is 5.97 Å². The van der Waals surface area contributed by atoms with Crippen LogP contribution in [0.1, 0.15) is 12.6 Å². The van der Waals surface area contributed by atoms with E-state index in [4.69, 9.17) is 32.7 Å². The number of carbonyl (C=O) groups is 2. The van der Waals surface area contributed by atoms with Crippen LogP contribution in [-0.4, -0.2) is 34.0 Å². The van der Waals surface area contributed by atoms with E-state index < -0.39 is 30.1 Å². The number of anilines is 1. The topological polar surface area (TPSA) is 91.6 Å². The van der Waals surface area contributed by atoms with Crippen molar-refractivity contribution < 1.29 is 19.1 Å². The SMILES string of the molecule is Cc1c(NC(=O)COC(=O)C(C)Oc2ccc(Cl)cc2Cl)c(=O)n(-c2ccccc2)n1C. The van der Waals surface area contributed by atoms with Gasteiger partial charge in [-0.1, -0.05) is 41.4 Å². The van der Waals surface area contributed by atoms with E-state index in [1.54, 1.807) is 36.9 Å². The third-order valence-electron chi connectivity index (χ3n) is 4.69. The molecule has 1 aromatic heterocycles. The summed E-state index contributed by atoms with van der Waals surface area (Å²) in [4.78, 5) is 37.4. The molecule has 0 fully saturated rings. The molecule has 3 aromatic rings. The summed E-state index contributed by atoms with van der Waals surface area (Å²) in [6.45, 7) is 2.58. The summed E-state index contributed by atoms with van der Waals surface area (Å²) < 4.78 is 13.5. The Hall–Kier alpha value is -3.23. The predicted octanol–water partition coefficient (Wildman–Crippen LogP) is 3.74. The monoisotopic (exact) mass is 477 g/mol. The van der Waals surface area contributed by atoms with E-state index in [1.165, 1.54) is 23.7 Å². The minimum Gasteiger partial charge on any atom is -0.477 e. The number of amides is 1. The summed E-state index contributed by atoms with van der Waals surface area (Å²) in [7, 11) is 1.71. The number of hydrogen-bond acceptors (Lipinski definition) is 5. The fourth-order valence-electron chi connectivity index (χ4n) is 2.95. The fraction of sp³-hybridized carbons (Fsp3) is 0.227. The molecule has 0 bridgehead atoms. The van der Waals surface area contributed by atoms with Crippen LogP contribution in [0, 0.1) is 6.92 Å². The molecule has 10 heteroatoms. The summed E-state index contributed by atoms with van der Waals surface area (Å²) >= 11 is 11.9. The lowest BCUT2D eigenvalue weighted by Crippen LogP contribution is -2.30. The minimum atomic E-state index is -1.02. The molecule has 0 spiro atoms. The van der Waals surface area contributed by atoms with Crippen LogP contribution in [0.15, 0.2) is 53.3 Å². The molecule has 32 heavy (non-hydrogen) atoms. The van der Waals surface area contributed by atoms with Crippen LogP contribution in [0.5, 0.6) is 5.75 Å². The summed E-state index contributed by atoms with van der Waals surface area (Å²) in [6, 6.07) is 13.6. The van der Waals surface area contributed by atoms with Gasteiger partial charge in [0, 0.05) is 12.1 Å². The quantitative estimate of drug-likeness (QED) is 0.523. The number of aromatic nitrogens is 2. The normalized spacial score (nSPS) is 11.7. The first-order valence-corrected chi connectivity index (χ1v) is 10.4. The lowest BCUT2D eigenvalue weighted by Gasteiger charge is -2.15. The van der Waals surface area contributed by atoms with Crippen LogP contribution in [0.25, 0.3) is 5.69 Å². The Labute approximate surface area is 194 Å².